The first-order chi connectivity index (χ1) is 14.0. The highest BCUT2D eigenvalue weighted by molar-refractivity contribution is 5.83. The lowest BCUT2D eigenvalue weighted by Gasteiger charge is -2.49. The molecule has 2 saturated carbocycles. The van der Waals surface area contributed by atoms with Crippen molar-refractivity contribution in [3.05, 3.63) is 48.2 Å². The Hall–Kier alpha value is -2.07. The van der Waals surface area contributed by atoms with Crippen LogP contribution in [0.3, 0.4) is 0 Å². The lowest BCUT2D eigenvalue weighted by Crippen LogP contribution is -2.86. The van der Waals surface area contributed by atoms with Gasteiger partial charge < -0.3 is 15.0 Å². The molecule has 1 aromatic heterocycles. The van der Waals surface area contributed by atoms with E-state index in [1.165, 1.54) is 34.9 Å². The van der Waals surface area contributed by atoms with Gasteiger partial charge in [-0.1, -0.05) is 37.3 Å². The maximum Gasteiger partial charge on any atom is 0.315 e. The van der Waals surface area contributed by atoms with E-state index >= 15 is 0 Å². The minimum absolute atomic E-state index is 0.0382. The van der Waals surface area contributed by atoms with Gasteiger partial charge >= 0.3 is 5.97 Å². The number of nitrogens with two attached hydrogens (primary N) is 1. The van der Waals surface area contributed by atoms with Crippen LogP contribution in [0.15, 0.2) is 42.6 Å². The second kappa shape index (κ2) is 7.32. The molecule has 0 radical (unpaired) electrons. The molecule has 154 valence electrons. The maximum absolute atomic E-state index is 12.7. The van der Waals surface area contributed by atoms with Crippen LogP contribution in [0.5, 0.6) is 0 Å². The number of aromatic amines is 1. The van der Waals surface area contributed by atoms with Crippen LogP contribution in [0.4, 0.5) is 0 Å². The molecule has 3 fully saturated rings. The normalized spacial score (nSPS) is 34.1. The van der Waals surface area contributed by atoms with Crippen molar-refractivity contribution < 1.29 is 14.8 Å². The molecule has 29 heavy (non-hydrogen) atoms. The average molecular weight is 394 g/mol. The maximum atomic E-state index is 12.7. The molecular formula is C25H33N2O2+. The third kappa shape index (κ3) is 3.31. The van der Waals surface area contributed by atoms with Gasteiger partial charge in [0, 0.05) is 29.4 Å². The largest absolute Gasteiger partial charge is 0.462 e. The first kappa shape index (κ1) is 18.9. The van der Waals surface area contributed by atoms with Gasteiger partial charge in [-0.05, 0) is 55.1 Å². The number of benzene rings is 1. The van der Waals surface area contributed by atoms with Crippen LogP contribution >= 0.6 is 0 Å². The number of hydrogen-bond acceptors (Lipinski definition) is 2. The van der Waals surface area contributed by atoms with Crippen LogP contribution in [0, 0.1) is 23.2 Å². The summed E-state index contributed by atoms with van der Waals surface area (Å²) in [6, 6.07) is 8.45. The van der Waals surface area contributed by atoms with E-state index in [0.717, 1.165) is 38.8 Å². The Morgan fingerprint density at radius 2 is 2.21 bits per heavy atom. The first-order valence-corrected chi connectivity index (χ1v) is 11.3. The third-order valence-corrected chi connectivity index (χ3v) is 8.03. The van der Waals surface area contributed by atoms with Crippen LogP contribution in [0.2, 0.25) is 0 Å². The fourth-order valence-electron chi connectivity index (χ4n) is 6.42. The summed E-state index contributed by atoms with van der Waals surface area (Å²) in [4.78, 5) is 16.0. The van der Waals surface area contributed by atoms with Crippen molar-refractivity contribution >= 4 is 16.9 Å². The van der Waals surface area contributed by atoms with Crippen LogP contribution in [0.25, 0.3) is 10.9 Å². The molecule has 4 nitrogen and oxygen atoms in total. The number of carbonyl (C=O) groups excluding carboxylic acids is 1. The first-order valence-electron chi connectivity index (χ1n) is 11.3. The fourth-order valence-corrected chi connectivity index (χ4v) is 6.42. The van der Waals surface area contributed by atoms with E-state index in [4.69, 9.17) is 4.74 Å². The molecule has 2 aliphatic carbocycles. The Kier molecular flexibility index (Phi) is 4.78. The molecule has 3 N–H and O–H groups in total. The highest BCUT2D eigenvalue weighted by Crippen LogP contribution is 2.56. The fraction of sp³-hybridized carbons (Fsp3) is 0.560. The molecular weight excluding hydrogens is 360 g/mol. The van der Waals surface area contributed by atoms with Crippen molar-refractivity contribution in [2.75, 3.05) is 13.1 Å². The molecule has 2 aromatic rings. The number of quaternary nitrogens is 1. The predicted molar refractivity (Wildman–Crippen MR) is 114 cm³/mol. The molecule has 4 heteroatoms. The lowest BCUT2D eigenvalue weighted by molar-refractivity contribution is -0.658. The minimum Gasteiger partial charge on any atom is -0.462 e. The van der Waals surface area contributed by atoms with Gasteiger partial charge in [-0.2, -0.15) is 0 Å². The molecule has 3 aliphatic rings. The van der Waals surface area contributed by atoms with Gasteiger partial charge in [-0.25, -0.2) is 0 Å². The molecule has 5 rings (SSSR count). The highest BCUT2D eigenvalue weighted by Gasteiger charge is 2.55. The molecule has 0 unspecified atom stereocenters. The van der Waals surface area contributed by atoms with E-state index in [0.29, 0.717) is 11.8 Å². The summed E-state index contributed by atoms with van der Waals surface area (Å²) in [6.07, 6.45) is 9.02. The van der Waals surface area contributed by atoms with Crippen LogP contribution in [0.1, 0.15) is 44.6 Å². The van der Waals surface area contributed by atoms with Crippen molar-refractivity contribution in [2.45, 2.75) is 51.6 Å². The van der Waals surface area contributed by atoms with E-state index in [-0.39, 0.29) is 23.4 Å². The number of rotatable bonds is 5. The summed E-state index contributed by atoms with van der Waals surface area (Å²) in [7, 11) is 0. The van der Waals surface area contributed by atoms with Crippen LogP contribution < -0.4 is 5.32 Å². The second-order valence-corrected chi connectivity index (χ2v) is 9.83. The van der Waals surface area contributed by atoms with Gasteiger partial charge in [0.25, 0.3) is 0 Å². The lowest BCUT2D eigenvalue weighted by atomic mass is 9.55. The van der Waals surface area contributed by atoms with Crippen LogP contribution in [-0.2, 0) is 16.0 Å². The number of nitrogens with one attached hydrogen (secondary N) is 1. The van der Waals surface area contributed by atoms with Crippen molar-refractivity contribution in [3.8, 4) is 0 Å². The zero-order valence-corrected chi connectivity index (χ0v) is 17.5. The number of aromatic nitrogens is 1. The SMILES string of the molecule is C=C1CCC[C@]2(C)C[C@H]3OC(=O)[C@@H](C[NH2+]CCc4c[nH]c5ccccc45)[C@H]3C[C@@H]12. The second-order valence-electron chi connectivity index (χ2n) is 9.83. The highest BCUT2D eigenvalue weighted by atomic mass is 16.6. The van der Waals surface area contributed by atoms with Gasteiger partial charge in [-0.3, -0.25) is 4.79 Å². The molecule has 0 spiro atoms. The Morgan fingerprint density at radius 3 is 3.10 bits per heavy atom. The van der Waals surface area contributed by atoms with Gasteiger partial charge in [-0.15, -0.1) is 0 Å². The van der Waals surface area contributed by atoms with E-state index in [2.05, 4.69) is 54.3 Å². The molecule has 2 heterocycles. The molecule has 0 amide bonds. The molecule has 5 atom stereocenters. The van der Waals surface area contributed by atoms with Gasteiger partial charge in [0.05, 0.1) is 13.1 Å². The predicted octanol–water partition coefficient (Wildman–Crippen LogP) is 3.59. The number of carbonyl (C=O) groups is 1. The monoisotopic (exact) mass is 393 g/mol. The third-order valence-electron chi connectivity index (χ3n) is 8.03. The van der Waals surface area contributed by atoms with Crippen LogP contribution in [-0.4, -0.2) is 30.1 Å². The van der Waals surface area contributed by atoms with Crippen molar-refractivity contribution in [3.63, 3.8) is 0 Å². The Bertz CT molecular complexity index is 932. The van der Waals surface area contributed by atoms with Crippen molar-refractivity contribution in [1.29, 1.82) is 0 Å². The summed E-state index contributed by atoms with van der Waals surface area (Å²) >= 11 is 0. The number of esters is 1. The van der Waals surface area contributed by atoms with E-state index < -0.39 is 0 Å². The minimum atomic E-state index is 0.0382. The summed E-state index contributed by atoms with van der Waals surface area (Å²) in [5.74, 6) is 1.03. The molecule has 0 bridgehead atoms. The number of allylic oxidation sites excluding steroid dienone is 1. The number of H-pyrrole nitrogens is 1. The van der Waals surface area contributed by atoms with Gasteiger partial charge in [0.15, 0.2) is 0 Å². The quantitative estimate of drug-likeness (QED) is 0.463. The number of para-hydroxylation sites is 1. The summed E-state index contributed by atoms with van der Waals surface area (Å²) in [5, 5.41) is 3.63. The molecule has 1 aliphatic heterocycles. The zero-order chi connectivity index (χ0) is 20.0. The number of fused-ring (bicyclic) bond motifs is 3. The summed E-state index contributed by atoms with van der Waals surface area (Å²) in [5.41, 5.74) is 4.25. The summed E-state index contributed by atoms with van der Waals surface area (Å²) in [6.45, 7) is 8.63. The van der Waals surface area contributed by atoms with E-state index in [9.17, 15) is 4.79 Å². The molecule has 1 saturated heterocycles. The smallest absolute Gasteiger partial charge is 0.315 e. The molecule has 1 aromatic carbocycles. The Morgan fingerprint density at radius 1 is 1.34 bits per heavy atom. The standard InChI is InChI=1S/C25H32N2O2/c1-16-6-5-10-25(2)13-23-19(12-21(16)25)20(24(28)29-23)15-26-11-9-17-14-27-22-8-4-3-7-18(17)22/h3-4,7-8,14,19-21,23,26-27H,1,5-6,9-13,15H2,2H3/p+1/t19-,20+,21+,23-,25-/m1/s1. The van der Waals surface area contributed by atoms with Crippen molar-refractivity contribution in [2.24, 2.45) is 23.2 Å². The number of hydrogen-bond donors (Lipinski definition) is 2. The zero-order valence-electron chi connectivity index (χ0n) is 17.5. The summed E-state index contributed by atoms with van der Waals surface area (Å²) < 4.78 is 5.89. The van der Waals surface area contributed by atoms with Gasteiger partial charge in [0.1, 0.15) is 12.0 Å². The van der Waals surface area contributed by atoms with E-state index in [1.807, 2.05) is 0 Å². The number of ether oxygens (including phenoxy) is 1. The van der Waals surface area contributed by atoms with E-state index in [1.54, 1.807) is 0 Å². The Labute approximate surface area is 173 Å². The van der Waals surface area contributed by atoms with Crippen molar-refractivity contribution in [1.82, 2.24) is 4.98 Å². The van der Waals surface area contributed by atoms with Gasteiger partial charge in [0.2, 0.25) is 0 Å². The topological polar surface area (TPSA) is 58.7 Å². The Balaban J connectivity index is 1.20. The average Bonchev–Trinajstić information content (AvgIpc) is 3.24.